The molecule has 5 nitrogen and oxygen atoms in total. The van der Waals surface area contributed by atoms with Crippen LogP contribution in [0.15, 0.2) is 18.2 Å². The average Bonchev–Trinajstić information content (AvgIpc) is 2.35. The molecular weight excluding hydrogens is 290 g/mol. The topological polar surface area (TPSA) is 61.4 Å². The lowest BCUT2D eigenvalue weighted by Gasteiger charge is -2.31. The molecule has 21 heavy (non-hydrogen) atoms. The standard InChI is InChI=1S/C15H20ClN3O2/c1-9(10-7-17-8-10)14(20)18-11-4-5-12(13(16)6-11)15(21)19(2)3/h4-6,9-10,17H,7-8H2,1-3H3,(H,18,20). The number of hydrogen-bond acceptors (Lipinski definition) is 3. The minimum Gasteiger partial charge on any atom is -0.345 e. The van der Waals surface area contributed by atoms with Crippen LogP contribution in [0.25, 0.3) is 0 Å². The van der Waals surface area contributed by atoms with Crippen LogP contribution in [0.5, 0.6) is 0 Å². The lowest BCUT2D eigenvalue weighted by atomic mass is 9.88. The van der Waals surface area contributed by atoms with E-state index in [1.165, 1.54) is 4.90 Å². The summed E-state index contributed by atoms with van der Waals surface area (Å²) in [6.07, 6.45) is 0. The molecule has 1 unspecified atom stereocenters. The van der Waals surface area contributed by atoms with Gasteiger partial charge in [0.15, 0.2) is 0 Å². The van der Waals surface area contributed by atoms with Gasteiger partial charge in [-0.25, -0.2) is 0 Å². The Labute approximate surface area is 129 Å². The molecule has 1 aliphatic heterocycles. The van der Waals surface area contributed by atoms with E-state index in [0.29, 0.717) is 22.2 Å². The van der Waals surface area contributed by atoms with Crippen LogP contribution in [-0.4, -0.2) is 43.9 Å². The van der Waals surface area contributed by atoms with Crippen molar-refractivity contribution in [2.45, 2.75) is 6.92 Å². The van der Waals surface area contributed by atoms with E-state index in [-0.39, 0.29) is 17.7 Å². The second-order valence-corrected chi connectivity index (χ2v) is 6.00. The number of carbonyl (C=O) groups is 2. The zero-order valence-corrected chi connectivity index (χ0v) is 13.2. The smallest absolute Gasteiger partial charge is 0.254 e. The SMILES string of the molecule is CC(C(=O)Nc1ccc(C(=O)N(C)C)c(Cl)c1)C1CNC1. The highest BCUT2D eigenvalue weighted by molar-refractivity contribution is 6.34. The summed E-state index contributed by atoms with van der Waals surface area (Å²) in [5, 5.41) is 6.35. The zero-order valence-electron chi connectivity index (χ0n) is 12.4. The van der Waals surface area contributed by atoms with Crippen molar-refractivity contribution in [1.29, 1.82) is 0 Å². The monoisotopic (exact) mass is 309 g/mol. The molecule has 6 heteroatoms. The van der Waals surface area contributed by atoms with E-state index in [2.05, 4.69) is 10.6 Å². The summed E-state index contributed by atoms with van der Waals surface area (Å²) in [6.45, 7) is 3.68. The first-order valence-electron chi connectivity index (χ1n) is 6.93. The fourth-order valence-electron chi connectivity index (χ4n) is 2.14. The quantitative estimate of drug-likeness (QED) is 0.892. The van der Waals surface area contributed by atoms with E-state index < -0.39 is 0 Å². The van der Waals surface area contributed by atoms with Crippen molar-refractivity contribution in [2.24, 2.45) is 11.8 Å². The predicted octanol–water partition coefficient (Wildman–Crippen LogP) is 1.84. The van der Waals surface area contributed by atoms with Crippen molar-refractivity contribution >= 4 is 29.1 Å². The Morgan fingerprint density at radius 2 is 2.05 bits per heavy atom. The Hall–Kier alpha value is -1.59. The fourth-order valence-corrected chi connectivity index (χ4v) is 2.40. The molecule has 0 bridgehead atoms. The van der Waals surface area contributed by atoms with Gasteiger partial charge in [-0.05, 0) is 37.2 Å². The number of benzene rings is 1. The maximum Gasteiger partial charge on any atom is 0.254 e. The van der Waals surface area contributed by atoms with E-state index in [4.69, 9.17) is 11.6 Å². The van der Waals surface area contributed by atoms with Crippen LogP contribution >= 0.6 is 11.6 Å². The van der Waals surface area contributed by atoms with E-state index >= 15 is 0 Å². The van der Waals surface area contributed by atoms with Crippen LogP contribution in [0.3, 0.4) is 0 Å². The van der Waals surface area contributed by atoms with Crippen molar-refractivity contribution in [2.75, 3.05) is 32.5 Å². The minimum atomic E-state index is -0.160. The molecule has 114 valence electrons. The minimum absolute atomic E-state index is 0.0238. The summed E-state index contributed by atoms with van der Waals surface area (Å²) < 4.78 is 0. The van der Waals surface area contributed by atoms with Crippen molar-refractivity contribution in [3.05, 3.63) is 28.8 Å². The maximum absolute atomic E-state index is 12.1. The number of halogens is 1. The number of hydrogen-bond donors (Lipinski definition) is 2. The lowest BCUT2D eigenvalue weighted by Crippen LogP contribution is -2.48. The third-order valence-electron chi connectivity index (χ3n) is 3.81. The van der Waals surface area contributed by atoms with E-state index in [1.54, 1.807) is 32.3 Å². The lowest BCUT2D eigenvalue weighted by molar-refractivity contribution is -0.121. The molecule has 0 aromatic heterocycles. The normalized spacial score (nSPS) is 16.0. The summed E-state index contributed by atoms with van der Waals surface area (Å²) in [7, 11) is 3.34. The number of nitrogens with one attached hydrogen (secondary N) is 2. The van der Waals surface area contributed by atoms with E-state index in [9.17, 15) is 9.59 Å². The molecule has 0 aliphatic carbocycles. The molecule has 1 saturated heterocycles. The molecule has 2 rings (SSSR count). The molecule has 2 N–H and O–H groups in total. The summed E-state index contributed by atoms with van der Waals surface area (Å²) in [5.41, 5.74) is 1.04. The number of rotatable bonds is 4. The summed E-state index contributed by atoms with van der Waals surface area (Å²) in [5.74, 6) is 0.152. The largest absolute Gasteiger partial charge is 0.345 e. The molecule has 1 atom stereocenters. The number of amides is 2. The van der Waals surface area contributed by atoms with Crippen LogP contribution in [0.1, 0.15) is 17.3 Å². The molecule has 0 radical (unpaired) electrons. The van der Waals surface area contributed by atoms with Gasteiger partial charge in [-0.1, -0.05) is 18.5 Å². The van der Waals surface area contributed by atoms with Crippen LogP contribution < -0.4 is 10.6 Å². The Bertz CT molecular complexity index is 556. The Morgan fingerprint density at radius 1 is 1.38 bits per heavy atom. The maximum atomic E-state index is 12.1. The van der Waals surface area contributed by atoms with Gasteiger partial charge in [-0.3, -0.25) is 9.59 Å². The number of anilines is 1. The molecule has 1 fully saturated rings. The van der Waals surface area contributed by atoms with Gasteiger partial charge in [0.05, 0.1) is 10.6 Å². The predicted molar refractivity (Wildman–Crippen MR) is 83.6 cm³/mol. The zero-order chi connectivity index (χ0) is 15.6. The van der Waals surface area contributed by atoms with Gasteiger partial charge in [-0.2, -0.15) is 0 Å². The highest BCUT2D eigenvalue weighted by Crippen LogP contribution is 2.23. The van der Waals surface area contributed by atoms with Gasteiger partial charge in [-0.15, -0.1) is 0 Å². The van der Waals surface area contributed by atoms with Gasteiger partial charge < -0.3 is 15.5 Å². The first kappa shape index (κ1) is 15.8. The first-order chi connectivity index (χ1) is 9.90. The van der Waals surface area contributed by atoms with Gasteiger partial charge in [0.25, 0.3) is 5.91 Å². The van der Waals surface area contributed by atoms with Crippen LogP contribution in [0, 0.1) is 11.8 Å². The second kappa shape index (κ2) is 6.45. The average molecular weight is 310 g/mol. The molecule has 1 heterocycles. The molecule has 0 saturated carbocycles. The fraction of sp³-hybridized carbons (Fsp3) is 0.467. The Balaban J connectivity index is 2.06. The third-order valence-corrected chi connectivity index (χ3v) is 4.12. The van der Waals surface area contributed by atoms with E-state index in [1.807, 2.05) is 6.92 Å². The molecule has 1 aromatic carbocycles. The van der Waals surface area contributed by atoms with E-state index in [0.717, 1.165) is 13.1 Å². The van der Waals surface area contributed by atoms with Gasteiger partial charge in [0.2, 0.25) is 5.91 Å². The second-order valence-electron chi connectivity index (χ2n) is 5.59. The molecule has 1 aromatic rings. The highest BCUT2D eigenvalue weighted by Gasteiger charge is 2.28. The van der Waals surface area contributed by atoms with Crippen LogP contribution in [0.2, 0.25) is 5.02 Å². The van der Waals surface area contributed by atoms with Crippen LogP contribution in [-0.2, 0) is 4.79 Å². The molecule has 1 aliphatic rings. The third kappa shape index (κ3) is 3.54. The number of nitrogens with zero attached hydrogens (tertiary/aromatic N) is 1. The highest BCUT2D eigenvalue weighted by atomic mass is 35.5. The van der Waals surface area contributed by atoms with Crippen LogP contribution in [0.4, 0.5) is 5.69 Å². The first-order valence-corrected chi connectivity index (χ1v) is 7.30. The van der Waals surface area contributed by atoms with Crippen molar-refractivity contribution in [3.8, 4) is 0 Å². The van der Waals surface area contributed by atoms with Gasteiger partial charge in [0.1, 0.15) is 0 Å². The molecular formula is C15H20ClN3O2. The van der Waals surface area contributed by atoms with Crippen molar-refractivity contribution in [3.63, 3.8) is 0 Å². The summed E-state index contributed by atoms with van der Waals surface area (Å²) >= 11 is 6.12. The van der Waals surface area contributed by atoms with Crippen molar-refractivity contribution in [1.82, 2.24) is 10.2 Å². The van der Waals surface area contributed by atoms with Gasteiger partial charge >= 0.3 is 0 Å². The summed E-state index contributed by atoms with van der Waals surface area (Å²) in [6, 6.07) is 4.95. The molecule has 2 amide bonds. The Kier molecular flexibility index (Phi) is 4.85. The summed E-state index contributed by atoms with van der Waals surface area (Å²) in [4.78, 5) is 25.5. The van der Waals surface area contributed by atoms with Gasteiger partial charge in [0, 0.05) is 25.7 Å². The molecule has 0 spiro atoms. The number of carbonyl (C=O) groups excluding carboxylic acids is 2. The Morgan fingerprint density at radius 3 is 2.52 bits per heavy atom. The van der Waals surface area contributed by atoms with Crippen molar-refractivity contribution < 1.29 is 9.59 Å².